The summed E-state index contributed by atoms with van der Waals surface area (Å²) in [7, 11) is 0. The number of hydrogen-bond donors (Lipinski definition) is 0. The third-order valence-corrected chi connectivity index (χ3v) is 3.36. The van der Waals surface area contributed by atoms with E-state index in [4.69, 9.17) is 0 Å². The van der Waals surface area contributed by atoms with Crippen molar-refractivity contribution in [3.05, 3.63) is 119 Å². The molecule has 0 aliphatic heterocycles. The quantitative estimate of drug-likeness (QED) is 0.549. The molecule has 0 spiro atoms. The molecule has 0 heterocycles. The van der Waals surface area contributed by atoms with Gasteiger partial charge in [0.2, 0.25) is 0 Å². The van der Waals surface area contributed by atoms with Crippen LogP contribution >= 0.6 is 0 Å². The van der Waals surface area contributed by atoms with Crippen molar-refractivity contribution >= 4 is 11.6 Å². The standard InChI is InChI=1S/C22H16/c1-4-11-19(12-5-1)13-10-18-22(20-14-6-2-7-15-20)21-16-8-3-9-17-21/h1-9,11-17H. The molecule has 0 amide bonds. The summed E-state index contributed by atoms with van der Waals surface area (Å²) in [5.41, 5.74) is 11.0. The Hall–Kier alpha value is -3.04. The highest BCUT2D eigenvalue weighted by Crippen LogP contribution is 2.21. The summed E-state index contributed by atoms with van der Waals surface area (Å²) in [5.74, 6) is 0. The minimum absolute atomic E-state index is 1.05. The smallest absolute Gasteiger partial charge is 0.0393 e. The molecule has 3 aromatic rings. The van der Waals surface area contributed by atoms with Crippen LogP contribution in [0, 0.1) is 0 Å². The fourth-order valence-corrected chi connectivity index (χ4v) is 2.26. The molecule has 0 saturated heterocycles. The van der Waals surface area contributed by atoms with Gasteiger partial charge in [-0.05, 0) is 22.8 Å². The van der Waals surface area contributed by atoms with Crippen molar-refractivity contribution in [2.45, 2.75) is 0 Å². The van der Waals surface area contributed by atoms with Gasteiger partial charge in [-0.15, -0.1) is 0 Å². The number of hydrogen-bond acceptors (Lipinski definition) is 0. The van der Waals surface area contributed by atoms with Gasteiger partial charge in [0, 0.05) is 5.57 Å². The second-order valence-corrected chi connectivity index (χ2v) is 4.93. The predicted octanol–water partition coefficient (Wildman–Crippen LogP) is 5.59. The minimum Gasteiger partial charge on any atom is -0.0689 e. The third-order valence-electron chi connectivity index (χ3n) is 3.36. The molecule has 0 unspecified atom stereocenters. The van der Waals surface area contributed by atoms with Crippen molar-refractivity contribution in [1.82, 2.24) is 0 Å². The Kier molecular flexibility index (Phi) is 4.50. The zero-order chi connectivity index (χ0) is 15.0. The normalized spacial score (nSPS) is 9.45. The molecule has 3 rings (SSSR count). The van der Waals surface area contributed by atoms with Gasteiger partial charge in [0.05, 0.1) is 0 Å². The minimum atomic E-state index is 1.05. The van der Waals surface area contributed by atoms with Gasteiger partial charge < -0.3 is 0 Å². The van der Waals surface area contributed by atoms with E-state index in [2.05, 4.69) is 47.9 Å². The molecule has 0 aromatic heterocycles. The van der Waals surface area contributed by atoms with Gasteiger partial charge in [-0.3, -0.25) is 0 Å². The van der Waals surface area contributed by atoms with Crippen LogP contribution in [0.5, 0.6) is 0 Å². The predicted molar refractivity (Wildman–Crippen MR) is 93.3 cm³/mol. The van der Waals surface area contributed by atoms with Crippen LogP contribution in [-0.2, 0) is 0 Å². The molecular weight excluding hydrogens is 264 g/mol. The Morgan fingerprint density at radius 1 is 0.591 bits per heavy atom. The van der Waals surface area contributed by atoms with E-state index in [0.717, 1.165) is 22.3 Å². The number of benzene rings is 3. The second kappa shape index (κ2) is 7.11. The van der Waals surface area contributed by atoms with Crippen LogP contribution in [0.4, 0.5) is 0 Å². The summed E-state index contributed by atoms with van der Waals surface area (Å²) in [5, 5.41) is 0. The highest BCUT2D eigenvalue weighted by Gasteiger charge is 2.02. The van der Waals surface area contributed by atoms with E-state index in [1.165, 1.54) is 0 Å². The number of rotatable bonds is 3. The zero-order valence-corrected chi connectivity index (χ0v) is 12.2. The van der Waals surface area contributed by atoms with Gasteiger partial charge in [0.15, 0.2) is 0 Å². The molecule has 0 bridgehead atoms. The van der Waals surface area contributed by atoms with Crippen LogP contribution in [0.25, 0.3) is 11.6 Å². The molecule has 0 nitrogen and oxygen atoms in total. The van der Waals surface area contributed by atoms with Crippen LogP contribution in [0.3, 0.4) is 0 Å². The Morgan fingerprint density at radius 2 is 1.05 bits per heavy atom. The Bertz CT molecular complexity index is 773. The average Bonchev–Trinajstić information content (AvgIpc) is 2.61. The molecule has 0 saturated carbocycles. The van der Waals surface area contributed by atoms with Gasteiger partial charge in [0.25, 0.3) is 0 Å². The second-order valence-electron chi connectivity index (χ2n) is 4.93. The molecule has 3 aromatic carbocycles. The first kappa shape index (κ1) is 13.9. The maximum absolute atomic E-state index is 3.31. The zero-order valence-electron chi connectivity index (χ0n) is 12.2. The first-order chi connectivity index (χ1) is 10.9. The molecule has 0 N–H and O–H groups in total. The van der Waals surface area contributed by atoms with Crippen LogP contribution in [0.1, 0.15) is 16.7 Å². The van der Waals surface area contributed by atoms with Crippen LogP contribution in [-0.4, -0.2) is 0 Å². The van der Waals surface area contributed by atoms with Crippen molar-refractivity contribution in [3.8, 4) is 0 Å². The van der Waals surface area contributed by atoms with Crippen LogP contribution in [0.15, 0.2) is 102 Å². The molecule has 0 fully saturated rings. The topological polar surface area (TPSA) is 0 Å². The molecule has 0 heteroatoms. The molecule has 0 atom stereocenters. The van der Waals surface area contributed by atoms with Crippen molar-refractivity contribution in [2.75, 3.05) is 0 Å². The third kappa shape index (κ3) is 3.53. The highest BCUT2D eigenvalue weighted by atomic mass is 14.0. The Morgan fingerprint density at radius 3 is 1.55 bits per heavy atom. The lowest BCUT2D eigenvalue weighted by Gasteiger charge is -2.04. The fourth-order valence-electron chi connectivity index (χ4n) is 2.26. The SMILES string of the molecule is C(=C=C(c1ccccc1)c1ccccc1)=Cc1ccccc1. The Balaban J connectivity index is 2.10. The van der Waals surface area contributed by atoms with Crippen LogP contribution < -0.4 is 0 Å². The summed E-state index contributed by atoms with van der Waals surface area (Å²) >= 11 is 0. The van der Waals surface area contributed by atoms with Crippen molar-refractivity contribution in [1.29, 1.82) is 0 Å². The first-order valence-electron chi connectivity index (χ1n) is 7.31. The summed E-state index contributed by atoms with van der Waals surface area (Å²) in [6.45, 7) is 0. The van der Waals surface area contributed by atoms with Crippen molar-refractivity contribution in [2.24, 2.45) is 0 Å². The molecular formula is C22H16. The maximum atomic E-state index is 3.31. The fraction of sp³-hybridized carbons (Fsp3) is 0. The molecule has 104 valence electrons. The summed E-state index contributed by atoms with van der Waals surface area (Å²) in [4.78, 5) is 0. The molecule has 0 aliphatic rings. The van der Waals surface area contributed by atoms with E-state index < -0.39 is 0 Å². The highest BCUT2D eigenvalue weighted by molar-refractivity contribution is 5.79. The van der Waals surface area contributed by atoms with E-state index in [1.54, 1.807) is 0 Å². The molecule has 22 heavy (non-hydrogen) atoms. The van der Waals surface area contributed by atoms with E-state index in [-0.39, 0.29) is 0 Å². The average molecular weight is 280 g/mol. The summed E-state index contributed by atoms with van der Waals surface area (Å²) in [6.07, 6.45) is 1.95. The molecule has 0 radical (unpaired) electrons. The van der Waals surface area contributed by atoms with Gasteiger partial charge in [-0.2, -0.15) is 0 Å². The summed E-state index contributed by atoms with van der Waals surface area (Å²) < 4.78 is 0. The lowest BCUT2D eigenvalue weighted by Crippen LogP contribution is -1.85. The summed E-state index contributed by atoms with van der Waals surface area (Å²) in [6, 6.07) is 30.8. The van der Waals surface area contributed by atoms with E-state index in [9.17, 15) is 0 Å². The maximum Gasteiger partial charge on any atom is 0.0393 e. The van der Waals surface area contributed by atoms with Crippen molar-refractivity contribution in [3.63, 3.8) is 0 Å². The molecule has 0 aliphatic carbocycles. The van der Waals surface area contributed by atoms with Gasteiger partial charge in [-0.1, -0.05) is 102 Å². The van der Waals surface area contributed by atoms with Gasteiger partial charge in [0.1, 0.15) is 0 Å². The van der Waals surface area contributed by atoms with Gasteiger partial charge >= 0.3 is 0 Å². The lowest BCUT2D eigenvalue weighted by atomic mass is 9.99. The first-order valence-corrected chi connectivity index (χ1v) is 7.31. The van der Waals surface area contributed by atoms with Gasteiger partial charge in [-0.25, -0.2) is 0 Å². The Labute approximate surface area is 131 Å². The van der Waals surface area contributed by atoms with E-state index >= 15 is 0 Å². The van der Waals surface area contributed by atoms with Crippen LogP contribution in [0.2, 0.25) is 0 Å². The lowest BCUT2D eigenvalue weighted by molar-refractivity contribution is 1.55. The van der Waals surface area contributed by atoms with Crippen molar-refractivity contribution < 1.29 is 0 Å². The monoisotopic (exact) mass is 280 g/mol. The largest absolute Gasteiger partial charge is 0.0689 e. The van der Waals surface area contributed by atoms with E-state index in [0.29, 0.717) is 0 Å². The van der Waals surface area contributed by atoms with E-state index in [1.807, 2.05) is 60.7 Å².